The third-order valence-corrected chi connectivity index (χ3v) is 5.74. The maximum absolute atomic E-state index is 12.8. The molecule has 0 spiro atoms. The van der Waals surface area contributed by atoms with Gasteiger partial charge in [-0.2, -0.15) is 9.50 Å². The molecule has 0 bridgehead atoms. The summed E-state index contributed by atoms with van der Waals surface area (Å²) in [5.41, 5.74) is 3.00. The summed E-state index contributed by atoms with van der Waals surface area (Å²) in [5.74, 6) is 2.32. The molecular formula is C24H25N3O2S. The zero-order chi connectivity index (χ0) is 21.3. The molecule has 0 saturated heterocycles. The van der Waals surface area contributed by atoms with Crippen LogP contribution in [-0.4, -0.2) is 21.2 Å². The van der Waals surface area contributed by atoms with Gasteiger partial charge in [0, 0.05) is 5.56 Å². The maximum Gasteiger partial charge on any atom is 0.291 e. The molecule has 4 aromatic rings. The van der Waals surface area contributed by atoms with E-state index in [-0.39, 0.29) is 5.56 Å². The molecule has 0 unspecified atom stereocenters. The Kier molecular flexibility index (Phi) is 5.68. The van der Waals surface area contributed by atoms with E-state index < -0.39 is 0 Å². The number of rotatable bonds is 6. The number of ether oxygens (including phenoxy) is 1. The number of nitrogens with zero attached hydrogens (tertiary/aromatic N) is 3. The monoisotopic (exact) mass is 419 g/mol. The van der Waals surface area contributed by atoms with Gasteiger partial charge in [-0.1, -0.05) is 63.3 Å². The minimum absolute atomic E-state index is 0.140. The molecule has 0 aliphatic heterocycles. The fourth-order valence-electron chi connectivity index (χ4n) is 3.05. The molecule has 4 rings (SSSR count). The van der Waals surface area contributed by atoms with Crippen LogP contribution in [0, 0.1) is 5.92 Å². The summed E-state index contributed by atoms with van der Waals surface area (Å²) in [6, 6.07) is 15.9. The maximum atomic E-state index is 12.8. The molecule has 0 radical (unpaired) electrons. The predicted octanol–water partition coefficient (Wildman–Crippen LogP) is 4.52. The van der Waals surface area contributed by atoms with Crippen LogP contribution in [-0.2, 0) is 0 Å². The van der Waals surface area contributed by atoms with Crippen molar-refractivity contribution in [3.8, 4) is 17.1 Å². The quantitative estimate of drug-likeness (QED) is 0.461. The molecule has 0 N–H and O–H groups in total. The summed E-state index contributed by atoms with van der Waals surface area (Å²) in [7, 11) is 0. The third-order valence-electron chi connectivity index (χ3n) is 4.78. The van der Waals surface area contributed by atoms with E-state index in [4.69, 9.17) is 4.74 Å². The lowest BCUT2D eigenvalue weighted by Gasteiger charge is -2.08. The van der Waals surface area contributed by atoms with E-state index in [2.05, 4.69) is 49.9 Å². The molecule has 0 atom stereocenters. The Morgan fingerprint density at radius 3 is 2.33 bits per heavy atom. The molecule has 5 nitrogen and oxygen atoms in total. The molecule has 0 saturated carbocycles. The van der Waals surface area contributed by atoms with Crippen molar-refractivity contribution in [1.29, 1.82) is 0 Å². The first-order chi connectivity index (χ1) is 14.4. The summed E-state index contributed by atoms with van der Waals surface area (Å²) in [4.78, 5) is 17.9. The van der Waals surface area contributed by atoms with Gasteiger partial charge in [0.1, 0.15) is 5.75 Å². The summed E-state index contributed by atoms with van der Waals surface area (Å²) in [5, 5.41) is 4.43. The lowest BCUT2D eigenvalue weighted by atomic mass is 10.0. The van der Waals surface area contributed by atoms with Crippen LogP contribution in [0.2, 0.25) is 0 Å². The van der Waals surface area contributed by atoms with Gasteiger partial charge in [-0.3, -0.25) is 4.79 Å². The Bertz CT molecular complexity index is 1250. The van der Waals surface area contributed by atoms with Gasteiger partial charge in [-0.25, -0.2) is 0 Å². The van der Waals surface area contributed by atoms with Crippen LogP contribution < -0.4 is 14.8 Å². The van der Waals surface area contributed by atoms with Crippen molar-refractivity contribution in [2.24, 2.45) is 5.92 Å². The lowest BCUT2D eigenvalue weighted by Crippen LogP contribution is -2.23. The van der Waals surface area contributed by atoms with Crippen LogP contribution in [0.15, 0.2) is 53.3 Å². The van der Waals surface area contributed by atoms with Crippen molar-refractivity contribution in [3.63, 3.8) is 0 Å². The molecule has 154 valence electrons. The predicted molar refractivity (Wildman–Crippen MR) is 122 cm³/mol. The minimum atomic E-state index is -0.140. The van der Waals surface area contributed by atoms with E-state index >= 15 is 0 Å². The van der Waals surface area contributed by atoms with E-state index in [1.807, 2.05) is 42.5 Å². The van der Waals surface area contributed by atoms with Gasteiger partial charge in [0.2, 0.25) is 4.96 Å². The van der Waals surface area contributed by atoms with E-state index in [0.29, 0.717) is 33.8 Å². The van der Waals surface area contributed by atoms with Crippen LogP contribution in [0.25, 0.3) is 22.4 Å². The molecule has 2 aromatic carbocycles. The topological polar surface area (TPSA) is 56.5 Å². The highest BCUT2D eigenvalue weighted by Gasteiger charge is 2.12. The summed E-state index contributed by atoms with van der Waals surface area (Å²) >= 11 is 1.36. The van der Waals surface area contributed by atoms with Gasteiger partial charge < -0.3 is 4.74 Å². The van der Waals surface area contributed by atoms with E-state index in [0.717, 1.165) is 16.9 Å². The van der Waals surface area contributed by atoms with Crippen molar-refractivity contribution < 1.29 is 4.74 Å². The average Bonchev–Trinajstić information content (AvgIpc) is 3.27. The second-order valence-electron chi connectivity index (χ2n) is 8.10. The highest BCUT2D eigenvalue weighted by molar-refractivity contribution is 7.15. The Morgan fingerprint density at radius 2 is 1.73 bits per heavy atom. The Morgan fingerprint density at radius 1 is 1.03 bits per heavy atom. The zero-order valence-electron chi connectivity index (χ0n) is 17.6. The van der Waals surface area contributed by atoms with Crippen LogP contribution >= 0.6 is 11.3 Å². The number of hydrogen-bond acceptors (Lipinski definition) is 5. The Labute approximate surface area is 179 Å². The number of thiazole rings is 1. The van der Waals surface area contributed by atoms with Crippen LogP contribution in [0.1, 0.15) is 44.7 Å². The molecule has 6 heteroatoms. The normalized spacial score (nSPS) is 12.4. The standard InChI is InChI=1S/C24H25N3O2S/c1-15(2)14-29-20-11-9-19(10-12-20)22-25-24-27(26-22)23(28)21(30-24)13-17-5-7-18(8-6-17)16(3)4/h5-13,15-16H,14H2,1-4H3. The first kappa shape index (κ1) is 20.3. The molecule has 0 fully saturated rings. The minimum Gasteiger partial charge on any atom is -0.493 e. The van der Waals surface area contributed by atoms with Crippen molar-refractivity contribution in [2.75, 3.05) is 6.61 Å². The van der Waals surface area contributed by atoms with Gasteiger partial charge in [0.25, 0.3) is 5.56 Å². The lowest BCUT2D eigenvalue weighted by molar-refractivity contribution is 0.271. The molecule has 2 heterocycles. The first-order valence-electron chi connectivity index (χ1n) is 10.1. The van der Waals surface area contributed by atoms with Crippen LogP contribution in [0.3, 0.4) is 0 Å². The SMILES string of the molecule is CC(C)COc1ccc(-c2nc3sc(=Cc4ccc(C(C)C)cc4)c(=O)n3n2)cc1. The molecule has 30 heavy (non-hydrogen) atoms. The number of hydrogen-bond donors (Lipinski definition) is 0. The first-order valence-corrected chi connectivity index (χ1v) is 11.0. The number of aromatic nitrogens is 3. The zero-order valence-corrected chi connectivity index (χ0v) is 18.4. The summed E-state index contributed by atoms with van der Waals surface area (Å²) in [6.45, 7) is 9.24. The Balaban J connectivity index is 1.60. The van der Waals surface area contributed by atoms with Crippen molar-refractivity contribution in [3.05, 3.63) is 74.5 Å². The number of benzene rings is 2. The molecule has 0 aliphatic carbocycles. The van der Waals surface area contributed by atoms with E-state index in [1.54, 1.807) is 0 Å². The van der Waals surface area contributed by atoms with E-state index in [1.165, 1.54) is 21.4 Å². The van der Waals surface area contributed by atoms with Gasteiger partial charge in [-0.05, 0) is 53.3 Å². The average molecular weight is 420 g/mol. The largest absolute Gasteiger partial charge is 0.493 e. The highest BCUT2D eigenvalue weighted by atomic mass is 32.1. The number of fused-ring (bicyclic) bond motifs is 1. The molecule has 0 amide bonds. The Hall–Kier alpha value is -2.99. The molecule has 0 aliphatic rings. The van der Waals surface area contributed by atoms with Crippen molar-refractivity contribution in [1.82, 2.24) is 14.6 Å². The highest BCUT2D eigenvalue weighted by Crippen LogP contribution is 2.21. The summed E-state index contributed by atoms with van der Waals surface area (Å²) in [6.07, 6.45) is 1.90. The van der Waals surface area contributed by atoms with Crippen LogP contribution in [0.4, 0.5) is 0 Å². The second kappa shape index (κ2) is 8.40. The molecule has 2 aromatic heterocycles. The molecular weight excluding hydrogens is 394 g/mol. The van der Waals surface area contributed by atoms with Gasteiger partial charge in [0.15, 0.2) is 5.82 Å². The van der Waals surface area contributed by atoms with Crippen molar-refractivity contribution >= 4 is 22.4 Å². The van der Waals surface area contributed by atoms with E-state index in [9.17, 15) is 4.79 Å². The summed E-state index contributed by atoms with van der Waals surface area (Å²) < 4.78 is 7.73. The fourth-order valence-corrected chi connectivity index (χ4v) is 3.96. The second-order valence-corrected chi connectivity index (χ2v) is 9.11. The van der Waals surface area contributed by atoms with Gasteiger partial charge in [0.05, 0.1) is 11.1 Å². The van der Waals surface area contributed by atoms with Crippen molar-refractivity contribution in [2.45, 2.75) is 33.6 Å². The third kappa shape index (κ3) is 4.28. The fraction of sp³-hybridized carbons (Fsp3) is 0.292. The van der Waals surface area contributed by atoms with Gasteiger partial charge >= 0.3 is 0 Å². The van der Waals surface area contributed by atoms with Gasteiger partial charge in [-0.15, -0.1) is 5.10 Å². The smallest absolute Gasteiger partial charge is 0.291 e. The van der Waals surface area contributed by atoms with Crippen LogP contribution in [0.5, 0.6) is 5.75 Å².